The van der Waals surface area contributed by atoms with Gasteiger partial charge in [-0.2, -0.15) is 0 Å². The Morgan fingerprint density at radius 2 is 1.90 bits per heavy atom. The molecule has 0 spiro atoms. The minimum absolute atomic E-state index is 0.196. The Morgan fingerprint density at radius 3 is 2.55 bits per heavy atom. The summed E-state index contributed by atoms with van der Waals surface area (Å²) in [5, 5.41) is 3.62. The average molecular weight is 297 g/mol. The van der Waals surface area contributed by atoms with Crippen LogP contribution in [0.2, 0.25) is 5.02 Å². The van der Waals surface area contributed by atoms with Gasteiger partial charge in [-0.15, -0.1) is 0 Å². The van der Waals surface area contributed by atoms with E-state index in [4.69, 9.17) is 11.6 Å². The minimum atomic E-state index is -0.842. The fraction of sp³-hybridized carbons (Fsp3) is 0.200. The molecule has 20 heavy (non-hydrogen) atoms. The first-order valence-electron chi connectivity index (χ1n) is 6.12. The Hall–Kier alpha value is -1.81. The first kappa shape index (κ1) is 14.6. The van der Waals surface area contributed by atoms with Gasteiger partial charge in [0.15, 0.2) is 11.6 Å². The smallest absolute Gasteiger partial charge is 0.163 e. The second-order valence-corrected chi connectivity index (χ2v) is 5.03. The summed E-state index contributed by atoms with van der Waals surface area (Å²) in [7, 11) is 3.80. The number of nitrogens with one attached hydrogen (secondary N) is 1. The monoisotopic (exact) mass is 296 g/mol. The van der Waals surface area contributed by atoms with Crippen molar-refractivity contribution in [1.82, 2.24) is 0 Å². The van der Waals surface area contributed by atoms with Crippen LogP contribution in [0.4, 0.5) is 20.2 Å². The number of nitrogens with zero attached hydrogens (tertiary/aromatic N) is 1. The third kappa shape index (κ3) is 3.20. The van der Waals surface area contributed by atoms with E-state index in [-0.39, 0.29) is 12.1 Å². The molecule has 1 N–H and O–H groups in total. The lowest BCUT2D eigenvalue weighted by Crippen LogP contribution is -2.09. The zero-order valence-electron chi connectivity index (χ0n) is 11.3. The van der Waals surface area contributed by atoms with E-state index >= 15 is 0 Å². The van der Waals surface area contributed by atoms with Gasteiger partial charge in [0.05, 0.1) is 10.7 Å². The molecule has 0 saturated carbocycles. The van der Waals surface area contributed by atoms with Crippen molar-refractivity contribution >= 4 is 23.0 Å². The number of hydrogen-bond acceptors (Lipinski definition) is 2. The Kier molecular flexibility index (Phi) is 4.45. The second-order valence-electron chi connectivity index (χ2n) is 4.63. The molecule has 0 radical (unpaired) electrons. The van der Waals surface area contributed by atoms with E-state index in [0.29, 0.717) is 5.02 Å². The second kappa shape index (κ2) is 6.09. The van der Waals surface area contributed by atoms with Crippen LogP contribution in [0.3, 0.4) is 0 Å². The fourth-order valence-electron chi connectivity index (χ4n) is 1.86. The molecule has 0 atom stereocenters. The van der Waals surface area contributed by atoms with Gasteiger partial charge in [0.2, 0.25) is 0 Å². The Morgan fingerprint density at radius 1 is 1.15 bits per heavy atom. The molecule has 0 heterocycles. The van der Waals surface area contributed by atoms with Crippen molar-refractivity contribution in [2.24, 2.45) is 0 Å². The van der Waals surface area contributed by atoms with Crippen LogP contribution in [0, 0.1) is 11.6 Å². The van der Waals surface area contributed by atoms with Crippen molar-refractivity contribution in [3.8, 4) is 0 Å². The first-order chi connectivity index (χ1) is 9.49. The molecule has 2 nitrogen and oxygen atoms in total. The SMILES string of the molecule is CN(C)c1ccc(NCc2cccc(F)c2F)cc1Cl. The first-order valence-corrected chi connectivity index (χ1v) is 6.50. The van der Waals surface area contributed by atoms with Crippen molar-refractivity contribution in [2.45, 2.75) is 6.54 Å². The van der Waals surface area contributed by atoms with E-state index in [2.05, 4.69) is 5.32 Å². The molecule has 2 aromatic carbocycles. The molecule has 0 aliphatic carbocycles. The number of halogens is 3. The van der Waals surface area contributed by atoms with Gasteiger partial charge in [-0.25, -0.2) is 8.78 Å². The minimum Gasteiger partial charge on any atom is -0.381 e. The van der Waals surface area contributed by atoms with Gasteiger partial charge < -0.3 is 10.2 Å². The lowest BCUT2D eigenvalue weighted by atomic mass is 10.2. The summed E-state index contributed by atoms with van der Waals surface area (Å²) in [6, 6.07) is 9.60. The highest BCUT2D eigenvalue weighted by atomic mass is 35.5. The Bertz CT molecular complexity index is 615. The summed E-state index contributed by atoms with van der Waals surface area (Å²) < 4.78 is 26.6. The highest BCUT2D eigenvalue weighted by Crippen LogP contribution is 2.27. The molecule has 0 aliphatic rings. The normalized spacial score (nSPS) is 10.4. The molecule has 0 amide bonds. The standard InChI is InChI=1S/C15H15ClF2N2/c1-20(2)14-7-6-11(8-12(14)16)19-9-10-4-3-5-13(17)15(10)18/h3-8,19H,9H2,1-2H3. The van der Waals surface area contributed by atoms with Crippen molar-refractivity contribution in [2.75, 3.05) is 24.3 Å². The van der Waals surface area contributed by atoms with Crippen LogP contribution < -0.4 is 10.2 Å². The lowest BCUT2D eigenvalue weighted by molar-refractivity contribution is 0.500. The third-order valence-corrected chi connectivity index (χ3v) is 3.25. The molecule has 0 aliphatic heterocycles. The third-order valence-electron chi connectivity index (χ3n) is 2.94. The summed E-state index contributed by atoms with van der Waals surface area (Å²) in [5.41, 5.74) is 1.93. The largest absolute Gasteiger partial charge is 0.381 e. The fourth-order valence-corrected chi connectivity index (χ4v) is 2.21. The molecule has 0 fully saturated rings. The zero-order chi connectivity index (χ0) is 14.7. The summed E-state index contributed by atoms with van der Waals surface area (Å²) in [6.45, 7) is 0.196. The number of anilines is 2. The molecule has 0 saturated heterocycles. The van der Waals surface area contributed by atoms with Crippen molar-refractivity contribution in [1.29, 1.82) is 0 Å². The maximum absolute atomic E-state index is 13.5. The summed E-state index contributed by atoms with van der Waals surface area (Å²) >= 11 is 6.15. The number of rotatable bonds is 4. The highest BCUT2D eigenvalue weighted by Gasteiger charge is 2.08. The van der Waals surface area contributed by atoms with Crippen LogP contribution in [0.1, 0.15) is 5.56 Å². The van der Waals surface area contributed by atoms with Gasteiger partial charge in [0.25, 0.3) is 0 Å². The number of benzene rings is 2. The average Bonchev–Trinajstić information content (AvgIpc) is 2.40. The van der Waals surface area contributed by atoms with Crippen molar-refractivity contribution in [3.63, 3.8) is 0 Å². The maximum atomic E-state index is 13.5. The topological polar surface area (TPSA) is 15.3 Å². The van der Waals surface area contributed by atoms with Crippen LogP contribution in [0.15, 0.2) is 36.4 Å². The van der Waals surface area contributed by atoms with Crippen molar-refractivity contribution in [3.05, 3.63) is 58.6 Å². The molecule has 2 rings (SSSR count). The lowest BCUT2D eigenvalue weighted by Gasteiger charge is -2.16. The van der Waals surface area contributed by atoms with Gasteiger partial charge in [-0.3, -0.25) is 0 Å². The zero-order valence-corrected chi connectivity index (χ0v) is 12.0. The van der Waals surface area contributed by atoms with E-state index < -0.39 is 11.6 Å². The van der Waals surface area contributed by atoms with E-state index in [1.165, 1.54) is 6.07 Å². The van der Waals surface area contributed by atoms with E-state index in [1.807, 2.05) is 31.1 Å². The maximum Gasteiger partial charge on any atom is 0.163 e. The van der Waals surface area contributed by atoms with E-state index in [1.54, 1.807) is 12.1 Å². The van der Waals surface area contributed by atoms with Gasteiger partial charge in [0, 0.05) is 31.9 Å². The Balaban J connectivity index is 2.11. The van der Waals surface area contributed by atoms with Gasteiger partial charge >= 0.3 is 0 Å². The van der Waals surface area contributed by atoms with Gasteiger partial charge in [0.1, 0.15) is 0 Å². The van der Waals surface area contributed by atoms with E-state index in [0.717, 1.165) is 17.4 Å². The Labute approximate surface area is 122 Å². The predicted octanol–water partition coefficient (Wildman–Crippen LogP) is 4.30. The van der Waals surface area contributed by atoms with Crippen LogP contribution in [-0.2, 0) is 6.54 Å². The van der Waals surface area contributed by atoms with Crippen LogP contribution in [0.5, 0.6) is 0 Å². The van der Waals surface area contributed by atoms with Gasteiger partial charge in [-0.1, -0.05) is 23.7 Å². The summed E-state index contributed by atoms with van der Waals surface area (Å²) in [5.74, 6) is -1.67. The molecular weight excluding hydrogens is 282 g/mol. The van der Waals surface area contributed by atoms with Crippen LogP contribution >= 0.6 is 11.6 Å². The molecule has 0 aromatic heterocycles. The molecule has 2 aromatic rings. The molecular formula is C15H15ClF2N2. The molecule has 106 valence electrons. The number of hydrogen-bond donors (Lipinski definition) is 1. The van der Waals surface area contributed by atoms with Crippen molar-refractivity contribution < 1.29 is 8.78 Å². The molecule has 0 bridgehead atoms. The summed E-state index contributed by atoms with van der Waals surface area (Å²) in [4.78, 5) is 1.90. The highest BCUT2D eigenvalue weighted by molar-refractivity contribution is 6.33. The molecule has 5 heteroatoms. The predicted molar refractivity (Wildman–Crippen MR) is 79.5 cm³/mol. The quantitative estimate of drug-likeness (QED) is 0.905. The van der Waals surface area contributed by atoms with Gasteiger partial charge in [-0.05, 0) is 24.3 Å². The van der Waals surface area contributed by atoms with Crippen LogP contribution in [-0.4, -0.2) is 14.1 Å². The summed E-state index contributed by atoms with van der Waals surface area (Å²) in [6.07, 6.45) is 0. The molecule has 0 unspecified atom stereocenters. The van der Waals surface area contributed by atoms with E-state index in [9.17, 15) is 8.78 Å². The van der Waals surface area contributed by atoms with Crippen LogP contribution in [0.25, 0.3) is 0 Å².